The Hall–Kier alpha value is -6.29. The van der Waals surface area contributed by atoms with Crippen molar-refractivity contribution in [2.24, 2.45) is 5.11 Å². The van der Waals surface area contributed by atoms with Crippen LogP contribution in [-0.2, 0) is 53.3 Å². The molecular weight excluding hydrogens is 972 g/mol. The van der Waals surface area contributed by atoms with Gasteiger partial charge in [-0.15, -0.1) is 0 Å². The van der Waals surface area contributed by atoms with Crippen LogP contribution < -0.4 is 27.8 Å². The average Bonchev–Trinajstić information content (AvgIpc) is 4.00. The molecule has 10 N–H and O–H groups in total. The molecule has 9 atom stereocenters. The SMILES string of the molecule is CC(C)(C)OC(=O)N[C@@H](CCCCNC(=O)OCc1ccc(N=[N+]=[N-])cc1)C(=O)O[C@H]1[C@@H](O)[C@H](n2cnc3c(N)ncnc32)O[C@@H]1COP(=O)(O)[C@H]1C[C@H](n2ccc(N)nc2=O)O[C@@H]1COP(=O)(O)O. The number of nitrogen functional groups attached to an aromatic ring is 2. The highest BCUT2D eigenvalue weighted by molar-refractivity contribution is 7.53. The molecule has 0 radical (unpaired) electrons. The number of hydrogen-bond acceptors (Lipinski definition) is 21. The quantitative estimate of drug-likeness (QED) is 0.0120. The Kier molecular flexibility index (Phi) is 17.2. The fourth-order valence-electron chi connectivity index (χ4n) is 7.25. The van der Waals surface area contributed by atoms with Gasteiger partial charge in [0, 0.05) is 29.8 Å². The zero-order valence-electron chi connectivity index (χ0n) is 37.6. The van der Waals surface area contributed by atoms with Gasteiger partial charge in [0.1, 0.15) is 54.3 Å². The van der Waals surface area contributed by atoms with Crippen molar-refractivity contribution in [3.05, 3.63) is 75.7 Å². The summed E-state index contributed by atoms with van der Waals surface area (Å²) in [5.74, 6) is -1.27. The number of unbranched alkanes of at least 4 members (excludes halogenated alkanes) is 1. The maximum Gasteiger partial charge on any atom is 0.469 e. The molecule has 4 aromatic rings. The molecular formula is C38H51N13O17P2. The van der Waals surface area contributed by atoms with Gasteiger partial charge in [0.25, 0.3) is 0 Å². The first-order valence-corrected chi connectivity index (χ1v) is 24.4. The van der Waals surface area contributed by atoms with Crippen LogP contribution in [-0.4, -0.2) is 128 Å². The number of aliphatic hydroxyl groups excluding tert-OH is 1. The van der Waals surface area contributed by atoms with Crippen LogP contribution in [0, 0.1) is 0 Å². The molecule has 2 amide bonds. The summed E-state index contributed by atoms with van der Waals surface area (Å²) in [6, 6.07) is 6.16. The number of nitrogens with one attached hydrogen (secondary N) is 2. The van der Waals surface area contributed by atoms with E-state index in [4.69, 9.17) is 45.2 Å². The van der Waals surface area contributed by atoms with Crippen LogP contribution in [0.3, 0.4) is 0 Å². The number of ether oxygens (including phenoxy) is 5. The predicted molar refractivity (Wildman–Crippen MR) is 239 cm³/mol. The Morgan fingerprint density at radius 3 is 2.41 bits per heavy atom. The first kappa shape index (κ1) is 53.1. The number of aromatic nitrogens is 6. The van der Waals surface area contributed by atoms with E-state index in [2.05, 4.69) is 45.1 Å². The highest BCUT2D eigenvalue weighted by atomic mass is 31.2. The Bertz CT molecular complexity index is 2710. The normalized spacial score (nSPS) is 22.6. The summed E-state index contributed by atoms with van der Waals surface area (Å²) >= 11 is 0. The molecule has 32 heteroatoms. The molecule has 3 aromatic heterocycles. The summed E-state index contributed by atoms with van der Waals surface area (Å²) in [6.07, 6.45) is -7.73. The summed E-state index contributed by atoms with van der Waals surface area (Å²) < 4.78 is 66.5. The molecule has 0 bridgehead atoms. The Morgan fingerprint density at radius 1 is 1.00 bits per heavy atom. The first-order chi connectivity index (χ1) is 33.0. The molecule has 2 aliphatic heterocycles. The van der Waals surface area contributed by atoms with E-state index in [1.165, 1.54) is 23.2 Å². The van der Waals surface area contributed by atoms with Crippen LogP contribution >= 0.6 is 15.4 Å². The van der Waals surface area contributed by atoms with Crippen molar-refractivity contribution in [3.63, 3.8) is 0 Å². The summed E-state index contributed by atoms with van der Waals surface area (Å²) in [5, 5.41) is 20.3. The number of esters is 1. The van der Waals surface area contributed by atoms with Gasteiger partial charge in [-0.1, -0.05) is 29.4 Å². The molecule has 30 nitrogen and oxygen atoms in total. The van der Waals surface area contributed by atoms with E-state index in [1.54, 1.807) is 45.0 Å². The zero-order valence-corrected chi connectivity index (χ0v) is 39.4. The topological polar surface area (TPSA) is 434 Å². The van der Waals surface area contributed by atoms with Crippen molar-refractivity contribution in [1.82, 2.24) is 39.7 Å². The number of phosphoric acid groups is 1. The number of hydrogen-bond donors (Lipinski definition) is 8. The fourth-order valence-corrected chi connectivity index (χ4v) is 9.16. The molecule has 380 valence electrons. The van der Waals surface area contributed by atoms with Gasteiger partial charge < -0.3 is 70.1 Å². The molecule has 2 saturated heterocycles. The molecule has 0 spiro atoms. The molecule has 0 aliphatic carbocycles. The van der Waals surface area contributed by atoms with E-state index < -0.39 is 113 Å². The predicted octanol–water partition coefficient (Wildman–Crippen LogP) is 2.32. The number of fused-ring (bicyclic) bond motifs is 1. The van der Waals surface area contributed by atoms with E-state index in [1.807, 2.05) is 0 Å². The zero-order chi connectivity index (χ0) is 51.0. The number of anilines is 2. The number of azide groups is 1. The molecule has 5 heterocycles. The smallest absolute Gasteiger partial charge is 0.455 e. The van der Waals surface area contributed by atoms with Crippen LogP contribution in [0.2, 0.25) is 0 Å². The number of rotatable bonds is 20. The minimum Gasteiger partial charge on any atom is -0.455 e. The molecule has 1 aromatic carbocycles. The van der Waals surface area contributed by atoms with Gasteiger partial charge in [-0.05, 0) is 57.2 Å². The molecule has 1 unspecified atom stereocenters. The summed E-state index contributed by atoms with van der Waals surface area (Å²) in [6.45, 7) is 2.96. The number of benzene rings is 1. The monoisotopic (exact) mass is 1020 g/mol. The second kappa shape index (κ2) is 22.6. The number of alkyl carbamates (subject to hydrolysis) is 2. The number of aliphatic hydroxyl groups is 1. The minimum absolute atomic E-state index is 0.0231. The third-order valence-corrected chi connectivity index (χ3v) is 12.9. The van der Waals surface area contributed by atoms with E-state index >= 15 is 0 Å². The highest BCUT2D eigenvalue weighted by Crippen LogP contribution is 2.56. The lowest BCUT2D eigenvalue weighted by Crippen LogP contribution is -2.47. The third kappa shape index (κ3) is 14.2. The lowest BCUT2D eigenvalue weighted by molar-refractivity contribution is -0.159. The van der Waals surface area contributed by atoms with Crippen molar-refractivity contribution in [1.29, 1.82) is 0 Å². The van der Waals surface area contributed by atoms with E-state index in [9.17, 15) is 48.1 Å². The number of amides is 2. The van der Waals surface area contributed by atoms with Gasteiger partial charge in [0.15, 0.2) is 23.8 Å². The van der Waals surface area contributed by atoms with E-state index in [0.29, 0.717) is 11.3 Å². The van der Waals surface area contributed by atoms with Gasteiger partial charge >= 0.3 is 39.3 Å². The average molecular weight is 1020 g/mol. The third-order valence-electron chi connectivity index (χ3n) is 10.5. The largest absolute Gasteiger partial charge is 0.469 e. The van der Waals surface area contributed by atoms with Gasteiger partial charge in [0.05, 0.1) is 31.3 Å². The number of phosphoric ester groups is 1. The van der Waals surface area contributed by atoms with Gasteiger partial charge in [0.2, 0.25) is 0 Å². The lowest BCUT2D eigenvalue weighted by Gasteiger charge is -2.27. The fraction of sp³-hybridized carbons (Fsp3) is 0.526. The number of nitrogens with two attached hydrogens (primary N) is 2. The summed E-state index contributed by atoms with van der Waals surface area (Å²) in [4.78, 5) is 101. The van der Waals surface area contributed by atoms with Crippen LogP contribution in [0.15, 0.2) is 59.1 Å². The Balaban J connectivity index is 1.18. The maximum absolute atomic E-state index is 14.1. The number of carbonyl (C=O) groups excluding carboxylic acids is 3. The second-order valence-corrected chi connectivity index (χ2v) is 20.0. The Morgan fingerprint density at radius 2 is 1.73 bits per heavy atom. The molecule has 6 rings (SSSR count). The lowest BCUT2D eigenvalue weighted by atomic mass is 10.1. The van der Waals surface area contributed by atoms with Crippen molar-refractivity contribution >= 4 is 62.1 Å². The molecule has 2 aliphatic rings. The minimum atomic E-state index is -5.15. The maximum atomic E-state index is 14.1. The van der Waals surface area contributed by atoms with Crippen LogP contribution in [0.4, 0.5) is 26.9 Å². The number of imidazole rings is 1. The van der Waals surface area contributed by atoms with E-state index in [-0.39, 0.29) is 55.2 Å². The highest BCUT2D eigenvalue weighted by Gasteiger charge is 2.52. The van der Waals surface area contributed by atoms with Crippen molar-refractivity contribution in [2.45, 2.75) is 107 Å². The summed E-state index contributed by atoms with van der Waals surface area (Å²) in [7, 11) is -10.2. The second-order valence-electron chi connectivity index (χ2n) is 16.7. The van der Waals surface area contributed by atoms with Gasteiger partial charge in [-0.2, -0.15) is 4.98 Å². The van der Waals surface area contributed by atoms with Crippen LogP contribution in [0.5, 0.6) is 0 Å². The molecule has 2 fully saturated rings. The van der Waals surface area contributed by atoms with Crippen LogP contribution in [0.25, 0.3) is 21.6 Å². The first-order valence-electron chi connectivity index (χ1n) is 21.2. The van der Waals surface area contributed by atoms with Gasteiger partial charge in [-0.3, -0.25) is 18.2 Å². The summed E-state index contributed by atoms with van der Waals surface area (Å²) in [5.41, 5.74) is 17.8. The Labute approximate surface area is 396 Å². The number of carbonyl (C=O) groups is 3. The number of nitrogens with zero attached hydrogens (tertiary/aromatic N) is 9. The van der Waals surface area contributed by atoms with Crippen molar-refractivity contribution < 1.29 is 76.0 Å². The standard InChI is InChI=1S/C38H51N13O17P2/c1-38(2,3)68-37(56)46-22(6-4-5-12-42-36(55)62-15-20-7-9-21(10-8-20)48-49-41)34(53)67-30-24(66-33(29(30)52)51-19-45-28-31(40)43-18-44-32(28)51)17-63-69(57,58)25-14-27(50-13-11-26(39)47-35(50)54)65-23(25)16-64-70(59,60)61/h7-11,13,18-19,22-25,27,29-30,33,52H,4-6,12,14-17H2,1-3H3,(H,42,55)(H,46,56)(H,57,58)(H2,39,47,54)(H2,40,43,44)(H2,59,60,61)/t22-,23+,24+,25-,27+,29+,30+,33+/m0/s1. The van der Waals surface area contributed by atoms with Crippen molar-refractivity contribution in [2.75, 3.05) is 31.2 Å². The van der Waals surface area contributed by atoms with Crippen molar-refractivity contribution in [3.8, 4) is 0 Å². The molecule has 70 heavy (non-hydrogen) atoms. The van der Waals surface area contributed by atoms with Crippen LogP contribution in [0.1, 0.15) is 64.5 Å². The van der Waals surface area contributed by atoms with Gasteiger partial charge in [-0.25, -0.2) is 38.7 Å². The molecule has 0 saturated carbocycles. The van der Waals surface area contributed by atoms with E-state index in [0.717, 1.165) is 10.9 Å².